The van der Waals surface area contributed by atoms with Crippen LogP contribution in [0.25, 0.3) is 10.9 Å². The number of aromatic nitrogens is 1. The van der Waals surface area contributed by atoms with Crippen LogP contribution in [0, 0.1) is 5.41 Å². The molecular formula is C23H26N2. The van der Waals surface area contributed by atoms with Gasteiger partial charge in [0.15, 0.2) is 0 Å². The molecule has 0 aliphatic rings. The zero-order chi connectivity index (χ0) is 18.0. The molecule has 1 heterocycles. The molecule has 2 nitrogen and oxygen atoms in total. The Balaban J connectivity index is 2.22. The molecule has 128 valence electrons. The summed E-state index contributed by atoms with van der Waals surface area (Å²) in [5.74, 6) is 0.716. The summed E-state index contributed by atoms with van der Waals surface area (Å²) in [6.45, 7) is 8.88. The minimum Gasteiger partial charge on any atom is -0.312 e. The number of nitrogens with zero attached hydrogens (tertiary/aromatic N) is 1. The molecule has 1 unspecified atom stereocenters. The quantitative estimate of drug-likeness (QED) is 0.550. The van der Waals surface area contributed by atoms with Gasteiger partial charge in [-0.2, -0.15) is 0 Å². The molecule has 25 heavy (non-hydrogen) atoms. The summed E-state index contributed by atoms with van der Waals surface area (Å²) in [5, 5.41) is 9.29. The van der Waals surface area contributed by atoms with E-state index in [9.17, 15) is 0 Å². The van der Waals surface area contributed by atoms with Crippen molar-refractivity contribution in [3.8, 4) is 0 Å². The lowest BCUT2D eigenvalue weighted by Gasteiger charge is -2.24. The molecule has 3 rings (SSSR count). The number of para-hydroxylation sites is 1. The summed E-state index contributed by atoms with van der Waals surface area (Å²) in [5.41, 5.74) is 5.82. The van der Waals surface area contributed by atoms with Crippen molar-refractivity contribution in [3.05, 3.63) is 77.0 Å². The molecule has 1 N–H and O–H groups in total. The van der Waals surface area contributed by atoms with Gasteiger partial charge < -0.3 is 5.41 Å². The van der Waals surface area contributed by atoms with Crippen LogP contribution in [0.1, 0.15) is 67.8 Å². The van der Waals surface area contributed by atoms with Gasteiger partial charge in [0.1, 0.15) is 0 Å². The Morgan fingerprint density at radius 3 is 2.04 bits per heavy atom. The van der Waals surface area contributed by atoms with Gasteiger partial charge in [0.05, 0.1) is 17.1 Å². The van der Waals surface area contributed by atoms with E-state index in [2.05, 4.69) is 64.1 Å². The van der Waals surface area contributed by atoms with E-state index >= 15 is 0 Å². The first-order valence-electron chi connectivity index (χ1n) is 9.02. The highest BCUT2D eigenvalue weighted by Gasteiger charge is 2.23. The van der Waals surface area contributed by atoms with Crippen molar-refractivity contribution in [3.63, 3.8) is 0 Å². The van der Waals surface area contributed by atoms with Crippen LogP contribution in [0.4, 0.5) is 0 Å². The lowest BCUT2D eigenvalue weighted by Crippen LogP contribution is -2.12. The smallest absolute Gasteiger partial charge is 0.0705 e. The molecule has 0 radical (unpaired) electrons. The van der Waals surface area contributed by atoms with Gasteiger partial charge in [-0.1, -0.05) is 70.2 Å². The van der Waals surface area contributed by atoms with Gasteiger partial charge in [0, 0.05) is 11.6 Å². The van der Waals surface area contributed by atoms with Crippen molar-refractivity contribution >= 4 is 17.1 Å². The minimum absolute atomic E-state index is 0.111. The lowest BCUT2D eigenvalue weighted by atomic mass is 9.81. The maximum atomic E-state index is 8.15. The van der Waals surface area contributed by atoms with Crippen LogP contribution in [0.15, 0.2) is 54.6 Å². The summed E-state index contributed by atoms with van der Waals surface area (Å²) in [7, 11) is 0. The topological polar surface area (TPSA) is 36.7 Å². The SMILES string of the molecule is CC(C)c1cccc(C(C)C)c1C(C=N)c1ccc2ccccc2n1. The van der Waals surface area contributed by atoms with E-state index in [-0.39, 0.29) is 5.92 Å². The molecule has 0 aliphatic heterocycles. The van der Waals surface area contributed by atoms with Crippen LogP contribution in [-0.2, 0) is 0 Å². The normalized spacial score (nSPS) is 12.7. The maximum absolute atomic E-state index is 8.15. The van der Waals surface area contributed by atoms with E-state index in [0.29, 0.717) is 11.8 Å². The zero-order valence-electron chi connectivity index (χ0n) is 15.5. The summed E-state index contributed by atoms with van der Waals surface area (Å²) < 4.78 is 0. The molecule has 0 bridgehead atoms. The van der Waals surface area contributed by atoms with Gasteiger partial charge in [-0.25, -0.2) is 0 Å². The van der Waals surface area contributed by atoms with Gasteiger partial charge in [-0.3, -0.25) is 4.98 Å². The van der Waals surface area contributed by atoms with Crippen LogP contribution in [0.3, 0.4) is 0 Å². The largest absolute Gasteiger partial charge is 0.312 e. The van der Waals surface area contributed by atoms with Crippen molar-refractivity contribution in [1.82, 2.24) is 4.98 Å². The third-order valence-electron chi connectivity index (χ3n) is 4.83. The fourth-order valence-corrected chi connectivity index (χ4v) is 3.54. The predicted octanol–water partition coefficient (Wildman–Crippen LogP) is 6.26. The van der Waals surface area contributed by atoms with E-state index in [1.807, 2.05) is 18.2 Å². The number of benzene rings is 2. The van der Waals surface area contributed by atoms with Crippen LogP contribution < -0.4 is 0 Å². The summed E-state index contributed by atoms with van der Waals surface area (Å²) >= 11 is 0. The van der Waals surface area contributed by atoms with Crippen LogP contribution in [-0.4, -0.2) is 11.2 Å². The molecule has 1 atom stereocenters. The van der Waals surface area contributed by atoms with Crippen LogP contribution >= 0.6 is 0 Å². The Morgan fingerprint density at radius 1 is 0.800 bits per heavy atom. The number of pyridine rings is 1. The van der Waals surface area contributed by atoms with E-state index in [1.54, 1.807) is 6.21 Å². The molecule has 0 aliphatic carbocycles. The average Bonchev–Trinajstić information content (AvgIpc) is 2.62. The molecule has 3 aromatic rings. The molecule has 2 aromatic carbocycles. The summed E-state index contributed by atoms with van der Waals surface area (Å²) in [4.78, 5) is 4.87. The molecule has 1 aromatic heterocycles. The van der Waals surface area contributed by atoms with Crippen molar-refractivity contribution in [2.24, 2.45) is 0 Å². The summed E-state index contributed by atoms with van der Waals surface area (Å²) in [6, 6.07) is 18.9. The highest BCUT2D eigenvalue weighted by molar-refractivity contribution is 5.80. The van der Waals surface area contributed by atoms with E-state index < -0.39 is 0 Å². The second kappa shape index (κ2) is 7.18. The molecular weight excluding hydrogens is 304 g/mol. The third-order valence-corrected chi connectivity index (χ3v) is 4.83. The van der Waals surface area contributed by atoms with E-state index in [4.69, 9.17) is 10.4 Å². The Kier molecular flexibility index (Phi) is 4.98. The fraction of sp³-hybridized carbons (Fsp3) is 0.304. The molecule has 0 spiro atoms. The van der Waals surface area contributed by atoms with Gasteiger partial charge in [0.25, 0.3) is 0 Å². The van der Waals surface area contributed by atoms with Gasteiger partial charge in [-0.05, 0) is 40.7 Å². The van der Waals surface area contributed by atoms with Crippen molar-refractivity contribution in [2.45, 2.75) is 45.4 Å². The van der Waals surface area contributed by atoms with Crippen LogP contribution in [0.2, 0.25) is 0 Å². The minimum atomic E-state index is -0.111. The van der Waals surface area contributed by atoms with Crippen molar-refractivity contribution in [2.75, 3.05) is 0 Å². The average molecular weight is 330 g/mol. The van der Waals surface area contributed by atoms with Gasteiger partial charge >= 0.3 is 0 Å². The standard InChI is InChI=1S/C23H26N2/c1-15(2)18-9-7-10-19(16(3)4)23(18)20(14-24)22-13-12-17-8-5-6-11-21(17)25-22/h5-16,20,24H,1-4H3. The summed E-state index contributed by atoms with van der Waals surface area (Å²) in [6.07, 6.45) is 1.55. The highest BCUT2D eigenvalue weighted by Crippen LogP contribution is 2.35. The first-order valence-corrected chi connectivity index (χ1v) is 9.02. The van der Waals surface area contributed by atoms with Gasteiger partial charge in [-0.15, -0.1) is 0 Å². The lowest BCUT2D eigenvalue weighted by molar-refractivity contribution is 0.792. The van der Waals surface area contributed by atoms with Crippen molar-refractivity contribution < 1.29 is 0 Å². The third kappa shape index (κ3) is 3.34. The molecule has 0 saturated carbocycles. The molecule has 0 fully saturated rings. The fourth-order valence-electron chi connectivity index (χ4n) is 3.54. The Bertz CT molecular complexity index is 867. The van der Waals surface area contributed by atoms with Gasteiger partial charge in [0.2, 0.25) is 0 Å². The number of nitrogens with one attached hydrogen (secondary N) is 1. The number of fused-ring (bicyclic) bond motifs is 1. The second-order valence-corrected chi connectivity index (χ2v) is 7.23. The van der Waals surface area contributed by atoms with E-state index in [1.165, 1.54) is 16.7 Å². The number of rotatable bonds is 5. The first-order chi connectivity index (χ1) is 12.0. The second-order valence-electron chi connectivity index (χ2n) is 7.23. The first kappa shape index (κ1) is 17.3. The predicted molar refractivity (Wildman–Crippen MR) is 107 cm³/mol. The van der Waals surface area contributed by atoms with E-state index in [0.717, 1.165) is 16.6 Å². The zero-order valence-corrected chi connectivity index (χ0v) is 15.5. The Hall–Kier alpha value is -2.48. The molecule has 0 amide bonds. The maximum Gasteiger partial charge on any atom is 0.0705 e. The number of hydrogen-bond acceptors (Lipinski definition) is 2. The number of hydrogen-bond donors (Lipinski definition) is 1. The Labute approximate surface area is 150 Å². The molecule has 2 heteroatoms. The van der Waals surface area contributed by atoms with Crippen LogP contribution in [0.5, 0.6) is 0 Å². The molecule has 0 saturated heterocycles. The Morgan fingerprint density at radius 2 is 1.44 bits per heavy atom. The highest BCUT2D eigenvalue weighted by atomic mass is 14.7. The monoisotopic (exact) mass is 330 g/mol. The van der Waals surface area contributed by atoms with Crippen molar-refractivity contribution in [1.29, 1.82) is 5.41 Å².